The van der Waals surface area contributed by atoms with Crippen LogP contribution >= 0.6 is 11.6 Å². The number of benzene rings is 2. The largest absolute Gasteiger partial charge is 0.493 e. The average molecular weight is 376 g/mol. The molecule has 0 aromatic heterocycles. The molecule has 2 aromatic carbocycles. The monoisotopic (exact) mass is 375 g/mol. The van der Waals surface area contributed by atoms with E-state index in [0.29, 0.717) is 46.9 Å². The second kappa shape index (κ2) is 8.01. The Morgan fingerprint density at radius 1 is 1.12 bits per heavy atom. The van der Waals surface area contributed by atoms with Gasteiger partial charge in [-0.05, 0) is 35.9 Å². The van der Waals surface area contributed by atoms with Gasteiger partial charge >= 0.3 is 0 Å². The van der Waals surface area contributed by atoms with E-state index in [1.54, 1.807) is 43.5 Å². The molecular weight excluding hydrogens is 358 g/mol. The van der Waals surface area contributed by atoms with Crippen LogP contribution < -0.4 is 24.3 Å². The first-order valence-corrected chi connectivity index (χ1v) is 8.28. The zero-order valence-electron chi connectivity index (χ0n) is 14.4. The molecule has 3 rings (SSSR count). The summed E-state index contributed by atoms with van der Waals surface area (Å²) in [6.45, 7) is 0.936. The summed E-state index contributed by atoms with van der Waals surface area (Å²) in [5.74, 6) is 1.94. The second-order valence-electron chi connectivity index (χ2n) is 5.42. The fourth-order valence-electron chi connectivity index (χ4n) is 2.50. The molecule has 7 heteroatoms. The van der Waals surface area contributed by atoms with E-state index in [4.69, 9.17) is 30.5 Å². The van der Waals surface area contributed by atoms with Crippen LogP contribution in [0.25, 0.3) is 6.08 Å². The van der Waals surface area contributed by atoms with E-state index in [1.165, 1.54) is 13.2 Å². The molecule has 1 heterocycles. The van der Waals surface area contributed by atoms with Gasteiger partial charge in [0.2, 0.25) is 5.91 Å². The number of methoxy groups -OCH3 is 2. The molecule has 26 heavy (non-hydrogen) atoms. The SMILES string of the molecule is COc1ccc(NC(=O)/C=C/c2cc(Cl)c3c(c2)OCCO3)cc1OC. The summed E-state index contributed by atoms with van der Waals surface area (Å²) in [5, 5.41) is 3.21. The van der Waals surface area contributed by atoms with Crippen molar-refractivity contribution in [3.05, 3.63) is 47.0 Å². The number of amides is 1. The van der Waals surface area contributed by atoms with Crippen LogP contribution in [0.4, 0.5) is 5.69 Å². The van der Waals surface area contributed by atoms with Gasteiger partial charge in [-0.1, -0.05) is 11.6 Å². The highest BCUT2D eigenvalue weighted by molar-refractivity contribution is 6.32. The molecule has 6 nitrogen and oxygen atoms in total. The van der Waals surface area contributed by atoms with Gasteiger partial charge in [0.1, 0.15) is 13.2 Å². The van der Waals surface area contributed by atoms with Crippen LogP contribution in [0.1, 0.15) is 5.56 Å². The highest BCUT2D eigenvalue weighted by atomic mass is 35.5. The average Bonchev–Trinajstić information content (AvgIpc) is 2.66. The maximum Gasteiger partial charge on any atom is 0.248 e. The number of carbonyl (C=O) groups excluding carboxylic acids is 1. The van der Waals surface area contributed by atoms with Crippen LogP contribution in [0.15, 0.2) is 36.4 Å². The Hall–Kier alpha value is -2.86. The summed E-state index contributed by atoms with van der Waals surface area (Å²) in [6, 6.07) is 8.63. The molecule has 0 saturated carbocycles. The topological polar surface area (TPSA) is 66.0 Å². The molecule has 1 amide bonds. The fourth-order valence-corrected chi connectivity index (χ4v) is 2.77. The van der Waals surface area contributed by atoms with Gasteiger partial charge in [-0.3, -0.25) is 4.79 Å². The van der Waals surface area contributed by atoms with Crippen molar-refractivity contribution >= 4 is 29.3 Å². The van der Waals surface area contributed by atoms with Crippen molar-refractivity contribution in [2.45, 2.75) is 0 Å². The fraction of sp³-hybridized carbons (Fsp3) is 0.211. The maximum atomic E-state index is 12.2. The summed E-state index contributed by atoms with van der Waals surface area (Å²) in [5.41, 5.74) is 1.33. The molecule has 0 aliphatic carbocycles. The lowest BCUT2D eigenvalue weighted by atomic mass is 10.1. The van der Waals surface area contributed by atoms with Crippen molar-refractivity contribution in [2.24, 2.45) is 0 Å². The second-order valence-corrected chi connectivity index (χ2v) is 5.83. The van der Waals surface area contributed by atoms with Crippen LogP contribution in [0.5, 0.6) is 23.0 Å². The number of hydrogen-bond acceptors (Lipinski definition) is 5. The van der Waals surface area contributed by atoms with Gasteiger partial charge in [0.05, 0.1) is 19.2 Å². The van der Waals surface area contributed by atoms with Gasteiger partial charge in [-0.2, -0.15) is 0 Å². The smallest absolute Gasteiger partial charge is 0.248 e. The third kappa shape index (κ3) is 4.03. The van der Waals surface area contributed by atoms with Gasteiger partial charge in [0.15, 0.2) is 23.0 Å². The minimum atomic E-state index is -0.289. The Kier molecular flexibility index (Phi) is 5.53. The predicted molar refractivity (Wildman–Crippen MR) is 99.7 cm³/mol. The first-order chi connectivity index (χ1) is 12.6. The highest BCUT2D eigenvalue weighted by Gasteiger charge is 2.16. The normalized spacial score (nSPS) is 12.7. The molecule has 0 unspecified atom stereocenters. The van der Waals surface area contributed by atoms with Gasteiger partial charge in [-0.15, -0.1) is 0 Å². The van der Waals surface area contributed by atoms with Crippen LogP contribution in [0, 0.1) is 0 Å². The van der Waals surface area contributed by atoms with E-state index >= 15 is 0 Å². The number of ether oxygens (including phenoxy) is 4. The third-order valence-corrected chi connectivity index (χ3v) is 3.98. The number of nitrogens with one attached hydrogen (secondary N) is 1. The lowest BCUT2D eigenvalue weighted by molar-refractivity contribution is -0.111. The number of rotatable bonds is 5. The molecule has 0 saturated heterocycles. The van der Waals surface area contributed by atoms with Crippen molar-refractivity contribution in [3.63, 3.8) is 0 Å². The first kappa shape index (κ1) is 17.9. The predicted octanol–water partition coefficient (Wildman–Crippen LogP) is 3.78. The van der Waals surface area contributed by atoms with Gasteiger partial charge < -0.3 is 24.3 Å². The summed E-state index contributed by atoms with van der Waals surface area (Å²) in [6.07, 6.45) is 3.07. The molecule has 1 aliphatic rings. The van der Waals surface area contributed by atoms with Crippen LogP contribution in [0.3, 0.4) is 0 Å². The first-order valence-electron chi connectivity index (χ1n) is 7.91. The minimum Gasteiger partial charge on any atom is -0.493 e. The molecule has 136 valence electrons. The Morgan fingerprint density at radius 2 is 1.88 bits per heavy atom. The summed E-state index contributed by atoms with van der Waals surface area (Å²) in [4.78, 5) is 12.2. The molecule has 0 bridgehead atoms. The van der Waals surface area contributed by atoms with Crippen LogP contribution in [0.2, 0.25) is 5.02 Å². The van der Waals surface area contributed by atoms with E-state index in [0.717, 1.165) is 5.56 Å². The standard InChI is InChI=1S/C19H18ClNO5/c1-23-15-5-4-13(11-16(15)24-2)21-18(22)6-3-12-9-14(20)19-17(10-12)25-7-8-26-19/h3-6,9-11H,7-8H2,1-2H3,(H,21,22)/b6-3+. The highest BCUT2D eigenvalue weighted by Crippen LogP contribution is 2.38. The lowest BCUT2D eigenvalue weighted by Crippen LogP contribution is -2.15. The van der Waals surface area contributed by atoms with Crippen LogP contribution in [-0.2, 0) is 4.79 Å². The van der Waals surface area contributed by atoms with E-state index in [2.05, 4.69) is 5.32 Å². The maximum absolute atomic E-state index is 12.2. The van der Waals surface area contributed by atoms with Crippen LogP contribution in [-0.4, -0.2) is 33.3 Å². The van der Waals surface area contributed by atoms with Crippen molar-refractivity contribution in [2.75, 3.05) is 32.8 Å². The lowest BCUT2D eigenvalue weighted by Gasteiger charge is -2.19. The van der Waals surface area contributed by atoms with E-state index in [1.807, 2.05) is 0 Å². The Morgan fingerprint density at radius 3 is 2.65 bits per heavy atom. The molecule has 2 aromatic rings. The van der Waals surface area contributed by atoms with E-state index < -0.39 is 0 Å². The summed E-state index contributed by atoms with van der Waals surface area (Å²) in [7, 11) is 3.09. The number of hydrogen-bond donors (Lipinski definition) is 1. The van der Waals surface area contributed by atoms with Gasteiger partial charge in [0, 0.05) is 17.8 Å². The molecule has 0 radical (unpaired) electrons. The Bertz CT molecular complexity index is 850. The molecular formula is C19H18ClNO5. The Balaban J connectivity index is 1.71. The van der Waals surface area contributed by atoms with Crippen molar-refractivity contribution in [3.8, 4) is 23.0 Å². The van der Waals surface area contributed by atoms with E-state index in [9.17, 15) is 4.79 Å². The molecule has 1 aliphatic heterocycles. The quantitative estimate of drug-likeness (QED) is 0.805. The molecule has 1 N–H and O–H groups in total. The van der Waals surface area contributed by atoms with Crippen molar-refractivity contribution < 1.29 is 23.7 Å². The Labute approximate surface area is 156 Å². The number of carbonyl (C=O) groups is 1. The van der Waals surface area contributed by atoms with Gasteiger partial charge in [0.25, 0.3) is 0 Å². The summed E-state index contributed by atoms with van der Waals surface area (Å²) < 4.78 is 21.4. The number of anilines is 1. The van der Waals surface area contributed by atoms with E-state index in [-0.39, 0.29) is 5.91 Å². The van der Waals surface area contributed by atoms with Gasteiger partial charge in [-0.25, -0.2) is 0 Å². The zero-order valence-corrected chi connectivity index (χ0v) is 15.1. The number of halogens is 1. The molecule has 0 fully saturated rings. The zero-order chi connectivity index (χ0) is 18.5. The minimum absolute atomic E-state index is 0.289. The molecule has 0 spiro atoms. The summed E-state index contributed by atoms with van der Waals surface area (Å²) >= 11 is 6.19. The van der Waals surface area contributed by atoms with Crippen molar-refractivity contribution in [1.29, 1.82) is 0 Å². The number of fused-ring (bicyclic) bond motifs is 1. The molecule has 0 atom stereocenters. The third-order valence-electron chi connectivity index (χ3n) is 3.70. The van der Waals surface area contributed by atoms with Crippen molar-refractivity contribution in [1.82, 2.24) is 0 Å².